The highest BCUT2D eigenvalue weighted by Crippen LogP contribution is 2.39. The molecule has 1 aliphatic heterocycles. The van der Waals surface area contributed by atoms with Gasteiger partial charge in [-0.1, -0.05) is 13.8 Å². The largest absolute Gasteiger partial charge is 0.368 e. The second kappa shape index (κ2) is 5.68. The Morgan fingerprint density at radius 3 is 2.78 bits per heavy atom. The Hall–Kier alpha value is -0.450. The summed E-state index contributed by atoms with van der Waals surface area (Å²) in [7, 11) is 1.99. The number of hydrogen-bond donors (Lipinski definition) is 1. The zero-order chi connectivity index (χ0) is 13.2. The standard InChI is InChI=1S/C14H24N2OS/c1-10(2)12-11(9-15-4)18-13(16-12)14(3)7-5-6-8-17-14/h10,15H,5-9H2,1-4H3. The van der Waals surface area contributed by atoms with Crippen LogP contribution in [0, 0.1) is 0 Å². The van der Waals surface area contributed by atoms with Gasteiger partial charge >= 0.3 is 0 Å². The van der Waals surface area contributed by atoms with Gasteiger partial charge in [0.05, 0.1) is 5.69 Å². The van der Waals surface area contributed by atoms with Crippen molar-refractivity contribution in [2.45, 2.75) is 58.1 Å². The number of ether oxygens (including phenoxy) is 1. The van der Waals surface area contributed by atoms with Crippen LogP contribution in [0.4, 0.5) is 0 Å². The normalized spacial score (nSPS) is 24.7. The summed E-state index contributed by atoms with van der Waals surface area (Å²) in [5, 5.41) is 4.40. The molecule has 1 unspecified atom stereocenters. The first-order chi connectivity index (χ1) is 8.57. The minimum Gasteiger partial charge on any atom is -0.368 e. The molecule has 1 fully saturated rings. The molecular weight excluding hydrogens is 244 g/mol. The van der Waals surface area contributed by atoms with Crippen LogP contribution < -0.4 is 5.32 Å². The quantitative estimate of drug-likeness (QED) is 0.908. The second-order valence-corrected chi connectivity index (χ2v) is 6.63. The molecule has 2 rings (SSSR count). The Kier molecular flexibility index (Phi) is 4.41. The maximum Gasteiger partial charge on any atom is 0.125 e. The Bertz CT molecular complexity index is 394. The van der Waals surface area contributed by atoms with Crippen LogP contribution >= 0.6 is 11.3 Å². The number of nitrogens with one attached hydrogen (secondary N) is 1. The van der Waals surface area contributed by atoms with Gasteiger partial charge in [0.25, 0.3) is 0 Å². The van der Waals surface area contributed by atoms with Gasteiger partial charge < -0.3 is 10.1 Å². The molecule has 0 amide bonds. The van der Waals surface area contributed by atoms with Crippen molar-refractivity contribution >= 4 is 11.3 Å². The monoisotopic (exact) mass is 268 g/mol. The van der Waals surface area contributed by atoms with Crippen LogP contribution in [0.2, 0.25) is 0 Å². The minimum atomic E-state index is -0.154. The Labute approximate surface area is 114 Å². The van der Waals surface area contributed by atoms with Crippen molar-refractivity contribution in [2.24, 2.45) is 0 Å². The Morgan fingerprint density at radius 2 is 2.22 bits per heavy atom. The van der Waals surface area contributed by atoms with Crippen LogP contribution in [-0.4, -0.2) is 18.6 Å². The van der Waals surface area contributed by atoms with Crippen molar-refractivity contribution < 1.29 is 4.74 Å². The number of aromatic nitrogens is 1. The minimum absolute atomic E-state index is 0.154. The van der Waals surface area contributed by atoms with Crippen LogP contribution in [0.25, 0.3) is 0 Å². The van der Waals surface area contributed by atoms with Crippen LogP contribution in [0.15, 0.2) is 0 Å². The maximum absolute atomic E-state index is 6.01. The maximum atomic E-state index is 6.01. The number of rotatable bonds is 4. The molecule has 1 N–H and O–H groups in total. The van der Waals surface area contributed by atoms with Gasteiger partial charge in [-0.2, -0.15) is 0 Å². The first-order valence-electron chi connectivity index (χ1n) is 6.85. The lowest BCUT2D eigenvalue weighted by Gasteiger charge is -2.31. The summed E-state index contributed by atoms with van der Waals surface area (Å²) in [6, 6.07) is 0. The second-order valence-electron chi connectivity index (χ2n) is 5.55. The summed E-state index contributed by atoms with van der Waals surface area (Å²) in [5.41, 5.74) is 1.08. The van der Waals surface area contributed by atoms with Crippen molar-refractivity contribution in [3.63, 3.8) is 0 Å². The third-order valence-electron chi connectivity index (χ3n) is 3.53. The summed E-state index contributed by atoms with van der Waals surface area (Å²) < 4.78 is 6.01. The highest BCUT2D eigenvalue weighted by Gasteiger charge is 2.34. The lowest BCUT2D eigenvalue weighted by molar-refractivity contribution is -0.0702. The summed E-state index contributed by atoms with van der Waals surface area (Å²) >= 11 is 1.82. The van der Waals surface area contributed by atoms with Gasteiger partial charge in [0.2, 0.25) is 0 Å². The molecule has 1 atom stereocenters. The fourth-order valence-electron chi connectivity index (χ4n) is 2.43. The van der Waals surface area contributed by atoms with E-state index in [1.165, 1.54) is 23.4 Å². The zero-order valence-corrected chi connectivity index (χ0v) is 12.7. The molecule has 0 aliphatic carbocycles. The van der Waals surface area contributed by atoms with E-state index in [1.54, 1.807) is 0 Å². The lowest BCUT2D eigenvalue weighted by Crippen LogP contribution is -2.30. The van der Waals surface area contributed by atoms with Crippen molar-refractivity contribution in [3.8, 4) is 0 Å². The summed E-state index contributed by atoms with van der Waals surface area (Å²) in [6.45, 7) is 8.39. The van der Waals surface area contributed by atoms with E-state index in [-0.39, 0.29) is 5.60 Å². The van der Waals surface area contributed by atoms with Gasteiger partial charge in [0.15, 0.2) is 0 Å². The number of nitrogens with zero attached hydrogens (tertiary/aromatic N) is 1. The van der Waals surface area contributed by atoms with Crippen LogP contribution in [0.1, 0.15) is 61.5 Å². The summed E-state index contributed by atoms with van der Waals surface area (Å²) in [4.78, 5) is 6.24. The molecule has 0 saturated carbocycles. The molecule has 0 spiro atoms. The lowest BCUT2D eigenvalue weighted by atomic mass is 9.96. The molecule has 3 nitrogen and oxygen atoms in total. The van der Waals surface area contributed by atoms with Gasteiger partial charge in [0.1, 0.15) is 10.6 Å². The van der Waals surface area contributed by atoms with Gasteiger partial charge in [-0.15, -0.1) is 11.3 Å². The van der Waals surface area contributed by atoms with E-state index in [4.69, 9.17) is 9.72 Å². The third-order valence-corrected chi connectivity index (χ3v) is 4.85. The Morgan fingerprint density at radius 1 is 1.44 bits per heavy atom. The highest BCUT2D eigenvalue weighted by atomic mass is 32.1. The fraction of sp³-hybridized carbons (Fsp3) is 0.786. The smallest absolute Gasteiger partial charge is 0.125 e. The van der Waals surface area contributed by atoms with Gasteiger partial charge in [0, 0.05) is 18.0 Å². The predicted molar refractivity (Wildman–Crippen MR) is 76.1 cm³/mol. The van der Waals surface area contributed by atoms with Gasteiger partial charge in [-0.05, 0) is 39.2 Å². The molecule has 0 radical (unpaired) electrons. The molecule has 0 bridgehead atoms. The van der Waals surface area contributed by atoms with E-state index < -0.39 is 0 Å². The first-order valence-corrected chi connectivity index (χ1v) is 7.67. The van der Waals surface area contributed by atoms with Crippen molar-refractivity contribution in [3.05, 3.63) is 15.6 Å². The van der Waals surface area contributed by atoms with E-state index in [1.807, 2.05) is 18.4 Å². The average Bonchev–Trinajstić information content (AvgIpc) is 2.75. The van der Waals surface area contributed by atoms with E-state index in [0.717, 1.165) is 24.6 Å². The average molecular weight is 268 g/mol. The topological polar surface area (TPSA) is 34.1 Å². The van der Waals surface area contributed by atoms with E-state index in [9.17, 15) is 0 Å². The zero-order valence-electron chi connectivity index (χ0n) is 11.9. The fourth-order valence-corrected chi connectivity index (χ4v) is 3.79. The van der Waals surface area contributed by atoms with Crippen LogP contribution in [0.5, 0.6) is 0 Å². The van der Waals surface area contributed by atoms with Crippen LogP contribution in [-0.2, 0) is 16.9 Å². The predicted octanol–water partition coefficient (Wildman–Crippen LogP) is 3.40. The SMILES string of the molecule is CNCc1sc(C2(C)CCCCO2)nc1C(C)C. The molecular formula is C14H24N2OS. The van der Waals surface area contributed by atoms with Gasteiger partial charge in [-0.25, -0.2) is 4.98 Å². The molecule has 1 aromatic rings. The molecule has 18 heavy (non-hydrogen) atoms. The first kappa shape index (κ1) is 14.0. The molecule has 1 saturated heterocycles. The molecule has 1 aliphatic rings. The van der Waals surface area contributed by atoms with E-state index in [0.29, 0.717) is 5.92 Å². The Balaban J connectivity index is 2.30. The van der Waals surface area contributed by atoms with Crippen LogP contribution in [0.3, 0.4) is 0 Å². The van der Waals surface area contributed by atoms with Crippen molar-refractivity contribution in [1.82, 2.24) is 10.3 Å². The summed E-state index contributed by atoms with van der Waals surface area (Å²) in [6.07, 6.45) is 3.52. The number of hydrogen-bond acceptors (Lipinski definition) is 4. The molecule has 2 heterocycles. The number of thiazole rings is 1. The molecule has 1 aromatic heterocycles. The highest BCUT2D eigenvalue weighted by molar-refractivity contribution is 7.11. The summed E-state index contributed by atoms with van der Waals surface area (Å²) in [5.74, 6) is 0.477. The van der Waals surface area contributed by atoms with Gasteiger partial charge in [-0.3, -0.25) is 0 Å². The molecule has 0 aromatic carbocycles. The molecule has 4 heteroatoms. The van der Waals surface area contributed by atoms with Crippen molar-refractivity contribution in [2.75, 3.05) is 13.7 Å². The van der Waals surface area contributed by atoms with E-state index in [2.05, 4.69) is 26.1 Å². The van der Waals surface area contributed by atoms with E-state index >= 15 is 0 Å². The third kappa shape index (κ3) is 2.76. The molecule has 102 valence electrons. The van der Waals surface area contributed by atoms with Crippen molar-refractivity contribution in [1.29, 1.82) is 0 Å².